The zero-order valence-electron chi connectivity index (χ0n) is 9.75. The van der Waals surface area contributed by atoms with E-state index in [1.165, 1.54) is 6.92 Å². The second-order valence-corrected chi connectivity index (χ2v) is 8.38. The van der Waals surface area contributed by atoms with Crippen molar-refractivity contribution in [3.8, 4) is 0 Å². The van der Waals surface area contributed by atoms with Crippen LogP contribution in [0, 0.1) is 0 Å². The Bertz CT molecular complexity index is 639. The first-order valence-electron chi connectivity index (χ1n) is 5.06. The maximum atomic E-state index is 12.3. The fraction of sp³-hybridized carbons (Fsp3) is 0.400. The van der Waals surface area contributed by atoms with Crippen molar-refractivity contribution in [2.24, 2.45) is 0 Å². The quantitative estimate of drug-likeness (QED) is 0.774. The van der Waals surface area contributed by atoms with Crippen LogP contribution >= 0.6 is 11.6 Å². The summed E-state index contributed by atoms with van der Waals surface area (Å²) in [6.45, 7) is 1.39. The van der Waals surface area contributed by atoms with Crippen LogP contribution in [0.4, 0.5) is 8.78 Å². The molecule has 0 bridgehead atoms. The highest BCUT2D eigenvalue weighted by Crippen LogP contribution is 2.22. The lowest BCUT2D eigenvalue weighted by atomic mass is 10.4. The van der Waals surface area contributed by atoms with E-state index in [9.17, 15) is 25.6 Å². The number of halogens is 3. The van der Waals surface area contributed by atoms with Crippen LogP contribution in [0.1, 0.15) is 6.92 Å². The molecule has 0 radical (unpaired) electrons. The summed E-state index contributed by atoms with van der Waals surface area (Å²) in [7, 11) is -8.40. The predicted molar refractivity (Wildman–Crippen MR) is 67.0 cm³/mol. The average molecular weight is 333 g/mol. The molecule has 9 heteroatoms. The largest absolute Gasteiger partial charge is 0.341 e. The van der Waals surface area contributed by atoms with Crippen molar-refractivity contribution in [1.82, 2.24) is 0 Å². The number of hydrogen-bond acceptors (Lipinski definition) is 4. The van der Waals surface area contributed by atoms with Crippen molar-refractivity contribution in [2.75, 3.05) is 5.88 Å². The zero-order valence-corrected chi connectivity index (χ0v) is 12.1. The van der Waals surface area contributed by atoms with Crippen molar-refractivity contribution in [3.05, 3.63) is 24.3 Å². The summed E-state index contributed by atoms with van der Waals surface area (Å²) in [5, 5.41) is -0.855. The summed E-state index contributed by atoms with van der Waals surface area (Å²) >= 11 is 5.46. The fourth-order valence-corrected chi connectivity index (χ4v) is 3.60. The molecule has 108 valence electrons. The summed E-state index contributed by atoms with van der Waals surface area (Å²) in [4.78, 5) is -0.783. The molecule has 0 saturated carbocycles. The Morgan fingerprint density at radius 1 is 1.00 bits per heavy atom. The Kier molecular flexibility index (Phi) is 4.91. The van der Waals surface area contributed by atoms with Crippen LogP contribution in [-0.2, 0) is 19.7 Å². The van der Waals surface area contributed by atoms with Gasteiger partial charge in [-0.1, -0.05) is 0 Å². The molecule has 0 heterocycles. The van der Waals surface area contributed by atoms with E-state index < -0.39 is 35.6 Å². The maximum Gasteiger partial charge on any atom is 0.341 e. The first-order chi connectivity index (χ1) is 8.64. The third-order valence-corrected chi connectivity index (χ3v) is 6.66. The van der Waals surface area contributed by atoms with Crippen molar-refractivity contribution >= 4 is 31.3 Å². The molecule has 0 aliphatic heterocycles. The van der Waals surface area contributed by atoms with Crippen molar-refractivity contribution in [1.29, 1.82) is 0 Å². The van der Waals surface area contributed by atoms with E-state index in [2.05, 4.69) is 0 Å². The van der Waals surface area contributed by atoms with Crippen LogP contribution in [-0.4, -0.2) is 33.7 Å². The standard InChI is InChI=1S/C10H11ClF2O4S2/c1-7(6-11)18(14,15)8-2-4-9(5-3-8)19(16,17)10(12)13/h2-5,7,10H,6H2,1H3. The van der Waals surface area contributed by atoms with Crippen LogP contribution in [0.5, 0.6) is 0 Å². The molecule has 19 heavy (non-hydrogen) atoms. The van der Waals surface area contributed by atoms with Crippen LogP contribution in [0.15, 0.2) is 34.1 Å². The number of rotatable bonds is 5. The highest BCUT2D eigenvalue weighted by molar-refractivity contribution is 7.92. The van der Waals surface area contributed by atoms with Crippen molar-refractivity contribution in [3.63, 3.8) is 0 Å². The Morgan fingerprint density at radius 3 is 1.68 bits per heavy atom. The molecule has 0 amide bonds. The van der Waals surface area contributed by atoms with Gasteiger partial charge in [0.15, 0.2) is 9.84 Å². The molecule has 1 atom stereocenters. The van der Waals surface area contributed by atoms with Gasteiger partial charge in [-0.15, -0.1) is 11.6 Å². The molecule has 0 spiro atoms. The summed E-state index contributed by atoms with van der Waals surface area (Å²) < 4.78 is 70.7. The zero-order chi connectivity index (χ0) is 14.8. The fourth-order valence-electron chi connectivity index (χ4n) is 1.24. The molecule has 1 rings (SSSR count). The van der Waals surface area contributed by atoms with Crippen molar-refractivity contribution in [2.45, 2.75) is 27.7 Å². The smallest absolute Gasteiger partial charge is 0.223 e. The maximum absolute atomic E-state index is 12.3. The third-order valence-electron chi connectivity index (χ3n) is 2.46. The number of sulfone groups is 2. The molecule has 1 aromatic rings. The van der Waals surface area contributed by atoms with Crippen LogP contribution in [0.3, 0.4) is 0 Å². The molecular weight excluding hydrogens is 322 g/mol. The van der Waals surface area contributed by atoms with E-state index in [1.807, 2.05) is 0 Å². The Labute approximate surface area is 115 Å². The van der Waals surface area contributed by atoms with Gasteiger partial charge in [0.2, 0.25) is 9.84 Å². The van der Waals surface area contributed by atoms with Gasteiger partial charge < -0.3 is 0 Å². The number of hydrogen-bond donors (Lipinski definition) is 0. The topological polar surface area (TPSA) is 68.3 Å². The highest BCUT2D eigenvalue weighted by atomic mass is 35.5. The molecular formula is C10H11ClF2O4S2. The van der Waals surface area contributed by atoms with Gasteiger partial charge in [0.25, 0.3) is 0 Å². The molecule has 0 aliphatic carbocycles. The molecule has 0 aromatic heterocycles. The monoisotopic (exact) mass is 332 g/mol. The van der Waals surface area contributed by atoms with Gasteiger partial charge in [-0.25, -0.2) is 16.8 Å². The minimum atomic E-state index is -4.72. The van der Waals surface area contributed by atoms with Gasteiger partial charge >= 0.3 is 5.76 Å². The number of alkyl halides is 3. The lowest BCUT2D eigenvalue weighted by Crippen LogP contribution is -2.19. The summed E-state index contributed by atoms with van der Waals surface area (Å²) in [6.07, 6.45) is 0. The van der Waals surface area contributed by atoms with E-state index in [0.29, 0.717) is 0 Å². The summed E-state index contributed by atoms with van der Waals surface area (Å²) in [5.41, 5.74) is 0. The van der Waals surface area contributed by atoms with Crippen LogP contribution in [0.2, 0.25) is 0 Å². The van der Waals surface area contributed by atoms with E-state index >= 15 is 0 Å². The normalized spacial score (nSPS) is 14.6. The number of benzene rings is 1. The average Bonchev–Trinajstić information content (AvgIpc) is 2.37. The van der Waals surface area contributed by atoms with Gasteiger partial charge in [-0.3, -0.25) is 0 Å². The summed E-state index contributed by atoms with van der Waals surface area (Å²) in [5.74, 6) is -3.67. The Hall–Kier alpha value is -0.730. The van der Waals surface area contributed by atoms with Gasteiger partial charge in [0, 0.05) is 5.88 Å². The van der Waals surface area contributed by atoms with E-state index in [0.717, 1.165) is 24.3 Å². The van der Waals surface area contributed by atoms with Crippen LogP contribution in [0.25, 0.3) is 0 Å². The van der Waals surface area contributed by atoms with Crippen LogP contribution < -0.4 is 0 Å². The second kappa shape index (κ2) is 5.72. The lowest BCUT2D eigenvalue weighted by Gasteiger charge is -2.10. The van der Waals surface area contributed by atoms with Gasteiger partial charge in [-0.05, 0) is 31.2 Å². The first kappa shape index (κ1) is 16.3. The Balaban J connectivity index is 3.22. The first-order valence-corrected chi connectivity index (χ1v) is 8.68. The van der Waals surface area contributed by atoms with E-state index in [1.54, 1.807) is 0 Å². The SMILES string of the molecule is CC(CCl)S(=O)(=O)c1ccc(S(=O)(=O)C(F)F)cc1. The third kappa shape index (κ3) is 3.24. The highest BCUT2D eigenvalue weighted by Gasteiger charge is 2.28. The van der Waals surface area contributed by atoms with Gasteiger partial charge in [0.1, 0.15) is 0 Å². The molecule has 1 unspecified atom stereocenters. The molecule has 4 nitrogen and oxygen atoms in total. The second-order valence-electron chi connectivity index (χ2n) is 3.79. The molecule has 0 fully saturated rings. The van der Waals surface area contributed by atoms with Gasteiger partial charge in [-0.2, -0.15) is 8.78 Å². The van der Waals surface area contributed by atoms with Gasteiger partial charge in [0.05, 0.1) is 15.0 Å². The summed E-state index contributed by atoms with van der Waals surface area (Å²) in [6, 6.07) is 3.64. The Morgan fingerprint density at radius 2 is 1.37 bits per heavy atom. The minimum absolute atomic E-state index is 0.126. The molecule has 0 saturated heterocycles. The molecule has 0 aliphatic rings. The molecule has 1 aromatic carbocycles. The molecule has 0 N–H and O–H groups in total. The lowest BCUT2D eigenvalue weighted by molar-refractivity contribution is 0.234. The van der Waals surface area contributed by atoms with E-state index in [4.69, 9.17) is 11.6 Å². The van der Waals surface area contributed by atoms with E-state index in [-0.39, 0.29) is 10.8 Å². The van der Waals surface area contributed by atoms with Crippen molar-refractivity contribution < 1.29 is 25.6 Å². The predicted octanol–water partition coefficient (Wildman–Crippen LogP) is 2.08. The minimum Gasteiger partial charge on any atom is -0.223 e.